The average Bonchev–Trinajstić information content (AvgIpc) is 3.40. The second kappa shape index (κ2) is 6.79. The third-order valence-electron chi connectivity index (χ3n) is 5.30. The fourth-order valence-corrected chi connectivity index (χ4v) is 5.65. The van der Waals surface area contributed by atoms with E-state index in [1.807, 2.05) is 0 Å². The highest BCUT2D eigenvalue weighted by Crippen LogP contribution is 2.46. The van der Waals surface area contributed by atoms with Crippen LogP contribution in [0.1, 0.15) is 23.3 Å². The fraction of sp³-hybridized carbons (Fsp3) is 0.300. The van der Waals surface area contributed by atoms with Gasteiger partial charge in [0.25, 0.3) is 0 Å². The van der Waals surface area contributed by atoms with Crippen molar-refractivity contribution in [3.63, 3.8) is 0 Å². The Morgan fingerprint density at radius 3 is 2.75 bits per heavy atom. The number of hydrogen-bond acceptors (Lipinski definition) is 6. The molecule has 0 atom stereocenters. The minimum absolute atomic E-state index is 0.223. The summed E-state index contributed by atoms with van der Waals surface area (Å²) in [6.07, 6.45) is 3.14. The molecule has 0 radical (unpaired) electrons. The molecule has 144 valence electrons. The lowest BCUT2D eigenvalue weighted by Gasteiger charge is -2.18. The quantitative estimate of drug-likeness (QED) is 0.611. The normalized spacial score (nSPS) is 15.9. The van der Waals surface area contributed by atoms with Crippen molar-refractivity contribution in [2.75, 3.05) is 25.4 Å². The van der Waals surface area contributed by atoms with Gasteiger partial charge in [-0.2, -0.15) is 0 Å². The zero-order valence-corrected chi connectivity index (χ0v) is 17.4. The van der Waals surface area contributed by atoms with E-state index in [4.69, 9.17) is 33.7 Å². The minimum atomic E-state index is 0.223. The predicted octanol–water partition coefficient (Wildman–Crippen LogP) is 5.25. The molecule has 28 heavy (non-hydrogen) atoms. The van der Waals surface area contributed by atoms with E-state index in [-0.39, 0.29) is 5.95 Å². The van der Waals surface area contributed by atoms with Crippen LogP contribution in [0.25, 0.3) is 27.2 Å². The van der Waals surface area contributed by atoms with Gasteiger partial charge in [-0.05, 0) is 25.0 Å². The molecule has 0 unspecified atom stereocenters. The molecule has 2 N–H and O–H groups in total. The molecule has 1 saturated heterocycles. The number of nitrogens with zero attached hydrogens (tertiary/aromatic N) is 3. The number of rotatable bonds is 3. The molecule has 0 spiro atoms. The first-order valence-corrected chi connectivity index (χ1v) is 10.8. The maximum Gasteiger partial charge on any atom is 0.221 e. The van der Waals surface area contributed by atoms with Crippen LogP contribution in [0.5, 0.6) is 5.75 Å². The predicted molar refractivity (Wildman–Crippen MR) is 116 cm³/mol. The van der Waals surface area contributed by atoms with Crippen LogP contribution in [-0.4, -0.2) is 34.6 Å². The molecular weight excluding hydrogens is 415 g/mol. The Morgan fingerprint density at radius 1 is 1.18 bits per heavy atom. The summed E-state index contributed by atoms with van der Waals surface area (Å²) in [4.78, 5) is 13.2. The monoisotopic (exact) mass is 432 g/mol. The van der Waals surface area contributed by atoms with Crippen LogP contribution in [-0.2, 0) is 6.42 Å². The van der Waals surface area contributed by atoms with Crippen molar-refractivity contribution in [1.29, 1.82) is 0 Å². The summed E-state index contributed by atoms with van der Waals surface area (Å²) in [7, 11) is 0. The summed E-state index contributed by atoms with van der Waals surface area (Å²) in [5.74, 6) is 0.907. The molecule has 5 rings (SSSR count). The fourth-order valence-electron chi connectivity index (χ4n) is 3.97. The number of anilines is 1. The van der Waals surface area contributed by atoms with Gasteiger partial charge in [-0.3, -0.25) is 0 Å². The Balaban J connectivity index is 1.71. The molecular formula is C20H18Cl2N4OS. The third kappa shape index (κ3) is 2.82. The standard InChI is InChI=1S/C20H18Cl2N4OS/c1-10(26-5-2-3-6-26)15-8-12-17(24-20(23)25-19(12)28-15)16-11-4-7-27-18(11)14(22)9-13(16)21/h8-9H,1-7H2,(H2,23,24,25). The average molecular weight is 433 g/mol. The third-order valence-corrected chi connectivity index (χ3v) is 6.96. The number of aromatic nitrogens is 2. The van der Waals surface area contributed by atoms with Crippen molar-refractivity contribution in [3.05, 3.63) is 39.2 Å². The van der Waals surface area contributed by atoms with Crippen LogP contribution in [0.15, 0.2) is 18.7 Å². The molecule has 5 nitrogen and oxygen atoms in total. The van der Waals surface area contributed by atoms with E-state index in [0.717, 1.165) is 57.1 Å². The van der Waals surface area contributed by atoms with Gasteiger partial charge in [0.2, 0.25) is 5.95 Å². The van der Waals surface area contributed by atoms with E-state index in [1.165, 1.54) is 12.8 Å². The molecule has 3 aromatic rings. The van der Waals surface area contributed by atoms with Crippen molar-refractivity contribution in [1.82, 2.24) is 14.9 Å². The molecule has 2 aliphatic rings. The van der Waals surface area contributed by atoms with E-state index in [0.29, 0.717) is 22.4 Å². The summed E-state index contributed by atoms with van der Waals surface area (Å²) < 4.78 is 5.72. The zero-order chi connectivity index (χ0) is 19.4. The Bertz CT molecular complexity index is 1120. The van der Waals surface area contributed by atoms with E-state index in [2.05, 4.69) is 27.5 Å². The molecule has 0 aliphatic carbocycles. The molecule has 0 saturated carbocycles. The van der Waals surface area contributed by atoms with Crippen molar-refractivity contribution in [2.45, 2.75) is 19.3 Å². The van der Waals surface area contributed by atoms with Gasteiger partial charge < -0.3 is 15.4 Å². The maximum atomic E-state index is 6.61. The second-order valence-corrected chi connectivity index (χ2v) is 8.87. The summed E-state index contributed by atoms with van der Waals surface area (Å²) in [6, 6.07) is 3.81. The highest BCUT2D eigenvalue weighted by atomic mass is 35.5. The minimum Gasteiger partial charge on any atom is -0.491 e. The lowest BCUT2D eigenvalue weighted by molar-refractivity contribution is 0.357. The van der Waals surface area contributed by atoms with Crippen molar-refractivity contribution in [3.8, 4) is 17.0 Å². The second-order valence-electron chi connectivity index (χ2n) is 7.02. The number of benzene rings is 1. The first-order valence-electron chi connectivity index (χ1n) is 9.18. The Hall–Kier alpha value is -2.02. The van der Waals surface area contributed by atoms with Gasteiger partial charge in [0, 0.05) is 41.7 Å². The van der Waals surface area contributed by atoms with E-state index >= 15 is 0 Å². The van der Waals surface area contributed by atoms with Crippen LogP contribution < -0.4 is 10.5 Å². The van der Waals surface area contributed by atoms with E-state index in [1.54, 1.807) is 17.4 Å². The van der Waals surface area contributed by atoms with Crippen LogP contribution >= 0.6 is 34.5 Å². The first-order chi connectivity index (χ1) is 13.5. The number of fused-ring (bicyclic) bond motifs is 2. The van der Waals surface area contributed by atoms with Crippen molar-refractivity contribution in [2.24, 2.45) is 0 Å². The molecule has 1 fully saturated rings. The topological polar surface area (TPSA) is 64.3 Å². The van der Waals surface area contributed by atoms with Crippen molar-refractivity contribution >= 4 is 56.4 Å². The summed E-state index contributed by atoms with van der Waals surface area (Å²) in [5, 5.41) is 1.99. The van der Waals surface area contributed by atoms with Gasteiger partial charge in [-0.1, -0.05) is 29.8 Å². The van der Waals surface area contributed by atoms with Crippen LogP contribution in [0, 0.1) is 0 Å². The largest absolute Gasteiger partial charge is 0.491 e. The van der Waals surface area contributed by atoms with Gasteiger partial charge in [-0.15, -0.1) is 11.3 Å². The highest BCUT2D eigenvalue weighted by Gasteiger charge is 2.27. The lowest BCUT2D eigenvalue weighted by Crippen LogP contribution is -2.15. The molecule has 0 amide bonds. The zero-order valence-electron chi connectivity index (χ0n) is 15.1. The highest BCUT2D eigenvalue weighted by molar-refractivity contribution is 7.19. The molecule has 8 heteroatoms. The van der Waals surface area contributed by atoms with Crippen LogP contribution in [0.2, 0.25) is 10.0 Å². The number of nitrogens with two attached hydrogens (primary N) is 1. The number of nitrogen functional groups attached to an aromatic ring is 1. The van der Waals surface area contributed by atoms with Crippen LogP contribution in [0.4, 0.5) is 5.95 Å². The summed E-state index contributed by atoms with van der Waals surface area (Å²) in [5.41, 5.74) is 9.60. The van der Waals surface area contributed by atoms with Crippen LogP contribution in [0.3, 0.4) is 0 Å². The Labute approximate surface area is 176 Å². The number of thiophene rings is 1. The Kier molecular flexibility index (Phi) is 4.38. The Morgan fingerprint density at radius 2 is 1.96 bits per heavy atom. The van der Waals surface area contributed by atoms with E-state index < -0.39 is 0 Å². The van der Waals surface area contributed by atoms with Crippen molar-refractivity contribution < 1.29 is 4.74 Å². The summed E-state index contributed by atoms with van der Waals surface area (Å²) in [6.45, 7) is 6.97. The van der Waals surface area contributed by atoms with Gasteiger partial charge in [-0.25, -0.2) is 9.97 Å². The smallest absolute Gasteiger partial charge is 0.221 e. The number of likely N-dealkylation sites (tertiary alicyclic amines) is 1. The molecule has 2 aromatic heterocycles. The SMILES string of the molecule is C=C(c1cc2c(-c3c(Cl)cc(Cl)c4c3CCO4)nc(N)nc2s1)N1CCCC1. The van der Waals surface area contributed by atoms with Gasteiger partial charge in [0.1, 0.15) is 10.6 Å². The molecule has 0 bridgehead atoms. The van der Waals surface area contributed by atoms with E-state index in [9.17, 15) is 0 Å². The molecule has 2 aliphatic heterocycles. The molecule has 4 heterocycles. The number of ether oxygens (including phenoxy) is 1. The maximum absolute atomic E-state index is 6.61. The molecule has 1 aromatic carbocycles. The number of halogens is 2. The first kappa shape index (κ1) is 18.0. The lowest BCUT2D eigenvalue weighted by atomic mass is 10.00. The number of hydrogen-bond donors (Lipinski definition) is 1. The van der Waals surface area contributed by atoms with Gasteiger partial charge >= 0.3 is 0 Å². The van der Waals surface area contributed by atoms with Gasteiger partial charge in [0.15, 0.2) is 0 Å². The van der Waals surface area contributed by atoms with Gasteiger partial charge in [0.05, 0.1) is 27.2 Å². The summed E-state index contributed by atoms with van der Waals surface area (Å²) >= 11 is 14.5.